The van der Waals surface area contributed by atoms with Crippen LogP contribution in [0, 0.1) is 11.8 Å². The van der Waals surface area contributed by atoms with E-state index in [1.807, 2.05) is 12.1 Å². The standard InChI is InChI=1S/C15H20N2O2/c1-19-14-4-2-11(3-5-14)8-17-9-12-6-15(18)16-7-13(12)10-17/h2-5,12-13H,6-10H2,1H3,(H,16,18). The molecule has 2 atom stereocenters. The molecule has 3 rings (SSSR count). The van der Waals surface area contributed by atoms with Crippen molar-refractivity contribution < 1.29 is 9.53 Å². The van der Waals surface area contributed by atoms with Crippen LogP contribution in [0.25, 0.3) is 0 Å². The van der Waals surface area contributed by atoms with Crippen LogP contribution < -0.4 is 10.1 Å². The lowest BCUT2D eigenvalue weighted by molar-refractivity contribution is -0.124. The van der Waals surface area contributed by atoms with Crippen LogP contribution in [0.15, 0.2) is 24.3 Å². The Balaban J connectivity index is 1.60. The zero-order valence-corrected chi connectivity index (χ0v) is 11.3. The third kappa shape index (κ3) is 2.73. The van der Waals surface area contributed by atoms with Gasteiger partial charge in [-0.05, 0) is 29.5 Å². The summed E-state index contributed by atoms with van der Waals surface area (Å²) in [6.07, 6.45) is 0.698. The normalized spacial score (nSPS) is 26.9. The van der Waals surface area contributed by atoms with Gasteiger partial charge in [-0.15, -0.1) is 0 Å². The SMILES string of the molecule is COc1ccc(CN2CC3CNC(=O)CC3C2)cc1. The van der Waals surface area contributed by atoms with Gasteiger partial charge in [0.05, 0.1) is 7.11 Å². The van der Waals surface area contributed by atoms with Crippen molar-refractivity contribution in [3.05, 3.63) is 29.8 Å². The summed E-state index contributed by atoms with van der Waals surface area (Å²) in [4.78, 5) is 13.9. The second-order valence-electron chi connectivity index (χ2n) is 5.57. The van der Waals surface area contributed by atoms with Gasteiger partial charge in [0.2, 0.25) is 5.91 Å². The zero-order valence-electron chi connectivity index (χ0n) is 11.3. The molecule has 1 N–H and O–H groups in total. The van der Waals surface area contributed by atoms with E-state index in [1.54, 1.807) is 7.11 Å². The second kappa shape index (κ2) is 5.21. The maximum atomic E-state index is 11.4. The second-order valence-corrected chi connectivity index (χ2v) is 5.57. The fourth-order valence-electron chi connectivity index (χ4n) is 3.17. The maximum Gasteiger partial charge on any atom is 0.220 e. The van der Waals surface area contributed by atoms with E-state index in [4.69, 9.17) is 4.74 Å². The predicted octanol–water partition coefficient (Wildman–Crippen LogP) is 1.26. The summed E-state index contributed by atoms with van der Waals surface area (Å²) in [6, 6.07) is 8.24. The van der Waals surface area contributed by atoms with Gasteiger partial charge in [-0.25, -0.2) is 0 Å². The Morgan fingerprint density at radius 2 is 2.00 bits per heavy atom. The molecule has 102 valence electrons. The van der Waals surface area contributed by atoms with Gasteiger partial charge in [0.15, 0.2) is 0 Å². The maximum absolute atomic E-state index is 11.4. The van der Waals surface area contributed by atoms with Crippen LogP contribution in [0.2, 0.25) is 0 Å². The van der Waals surface area contributed by atoms with E-state index in [9.17, 15) is 4.79 Å². The highest BCUT2D eigenvalue weighted by molar-refractivity contribution is 5.77. The first kappa shape index (κ1) is 12.5. The molecule has 2 aliphatic heterocycles. The highest BCUT2D eigenvalue weighted by atomic mass is 16.5. The third-order valence-corrected chi connectivity index (χ3v) is 4.23. The molecule has 1 aromatic rings. The van der Waals surface area contributed by atoms with Crippen molar-refractivity contribution in [3.63, 3.8) is 0 Å². The van der Waals surface area contributed by atoms with Crippen LogP contribution in [0.4, 0.5) is 0 Å². The smallest absolute Gasteiger partial charge is 0.220 e. The van der Waals surface area contributed by atoms with E-state index in [-0.39, 0.29) is 5.91 Å². The first-order valence-corrected chi connectivity index (χ1v) is 6.86. The number of hydrogen-bond acceptors (Lipinski definition) is 3. The summed E-state index contributed by atoms with van der Waals surface area (Å²) < 4.78 is 5.17. The Kier molecular flexibility index (Phi) is 3.42. The summed E-state index contributed by atoms with van der Waals surface area (Å²) in [7, 11) is 1.68. The number of ether oxygens (including phenoxy) is 1. The molecule has 0 radical (unpaired) electrons. The number of nitrogens with one attached hydrogen (secondary N) is 1. The Bertz CT molecular complexity index is 458. The van der Waals surface area contributed by atoms with Crippen LogP contribution in [0.5, 0.6) is 5.75 Å². The van der Waals surface area contributed by atoms with Gasteiger partial charge >= 0.3 is 0 Å². The van der Waals surface area contributed by atoms with E-state index < -0.39 is 0 Å². The van der Waals surface area contributed by atoms with Gasteiger partial charge in [-0.2, -0.15) is 0 Å². The number of fused-ring (bicyclic) bond motifs is 1. The molecule has 2 heterocycles. The van der Waals surface area contributed by atoms with Gasteiger partial charge in [0.25, 0.3) is 0 Å². The minimum atomic E-state index is 0.215. The topological polar surface area (TPSA) is 41.6 Å². The van der Waals surface area contributed by atoms with Gasteiger partial charge in [0, 0.05) is 32.6 Å². The number of methoxy groups -OCH3 is 1. The number of hydrogen-bond donors (Lipinski definition) is 1. The first-order chi connectivity index (χ1) is 9.24. The molecular formula is C15H20N2O2. The molecule has 0 spiro atoms. The van der Waals surface area contributed by atoms with Crippen LogP contribution in [-0.2, 0) is 11.3 Å². The highest BCUT2D eigenvalue weighted by Gasteiger charge is 2.36. The number of carbonyl (C=O) groups is 1. The van der Waals surface area contributed by atoms with Gasteiger partial charge < -0.3 is 10.1 Å². The molecule has 2 fully saturated rings. The molecule has 0 aliphatic carbocycles. The zero-order chi connectivity index (χ0) is 13.2. The molecule has 0 aromatic heterocycles. The van der Waals surface area contributed by atoms with E-state index in [0.717, 1.165) is 31.9 Å². The van der Waals surface area contributed by atoms with E-state index >= 15 is 0 Å². The average Bonchev–Trinajstić information content (AvgIpc) is 2.81. The largest absolute Gasteiger partial charge is 0.497 e. The van der Waals surface area contributed by atoms with Crippen LogP contribution >= 0.6 is 0 Å². The third-order valence-electron chi connectivity index (χ3n) is 4.23. The first-order valence-electron chi connectivity index (χ1n) is 6.86. The van der Waals surface area contributed by atoms with Gasteiger partial charge in [-0.3, -0.25) is 9.69 Å². The number of nitrogens with zero attached hydrogens (tertiary/aromatic N) is 1. The lowest BCUT2D eigenvalue weighted by Crippen LogP contribution is -2.39. The minimum Gasteiger partial charge on any atom is -0.497 e. The monoisotopic (exact) mass is 260 g/mol. The van der Waals surface area contributed by atoms with Crippen LogP contribution in [0.1, 0.15) is 12.0 Å². The predicted molar refractivity (Wildman–Crippen MR) is 72.9 cm³/mol. The molecule has 2 saturated heterocycles. The molecule has 4 heteroatoms. The van der Waals surface area contributed by atoms with E-state index in [2.05, 4.69) is 22.3 Å². The van der Waals surface area contributed by atoms with Crippen molar-refractivity contribution in [1.29, 1.82) is 0 Å². The molecule has 0 saturated carbocycles. The van der Waals surface area contributed by atoms with Crippen molar-refractivity contribution >= 4 is 5.91 Å². The van der Waals surface area contributed by atoms with Crippen molar-refractivity contribution in [2.75, 3.05) is 26.7 Å². The molecular weight excluding hydrogens is 240 g/mol. The fraction of sp³-hybridized carbons (Fsp3) is 0.533. The highest BCUT2D eigenvalue weighted by Crippen LogP contribution is 2.29. The fourth-order valence-corrected chi connectivity index (χ4v) is 3.17. The number of benzene rings is 1. The van der Waals surface area contributed by atoms with Gasteiger partial charge in [0.1, 0.15) is 5.75 Å². The molecule has 2 unspecified atom stereocenters. The number of piperidine rings is 1. The molecule has 4 nitrogen and oxygen atoms in total. The number of rotatable bonds is 3. The molecule has 19 heavy (non-hydrogen) atoms. The molecule has 2 aliphatic rings. The summed E-state index contributed by atoms with van der Waals surface area (Å²) in [6.45, 7) is 3.95. The van der Waals surface area contributed by atoms with Gasteiger partial charge in [-0.1, -0.05) is 12.1 Å². The van der Waals surface area contributed by atoms with Crippen molar-refractivity contribution in [1.82, 2.24) is 10.2 Å². The molecule has 1 aromatic carbocycles. The summed E-state index contributed by atoms with van der Waals surface area (Å²) >= 11 is 0. The Morgan fingerprint density at radius 1 is 1.26 bits per heavy atom. The Hall–Kier alpha value is -1.55. The van der Waals surface area contributed by atoms with Crippen molar-refractivity contribution in [3.8, 4) is 5.75 Å². The van der Waals surface area contributed by atoms with E-state index in [1.165, 1.54) is 5.56 Å². The van der Waals surface area contributed by atoms with Crippen LogP contribution in [0.3, 0.4) is 0 Å². The summed E-state index contributed by atoms with van der Waals surface area (Å²) in [5.41, 5.74) is 1.30. The Labute approximate surface area is 113 Å². The lowest BCUT2D eigenvalue weighted by atomic mass is 9.89. The Morgan fingerprint density at radius 3 is 2.74 bits per heavy atom. The quantitative estimate of drug-likeness (QED) is 0.889. The number of amides is 1. The molecule has 0 bridgehead atoms. The number of likely N-dealkylation sites (tertiary alicyclic amines) is 1. The van der Waals surface area contributed by atoms with Crippen LogP contribution in [-0.4, -0.2) is 37.6 Å². The molecule has 1 amide bonds. The van der Waals surface area contributed by atoms with E-state index in [0.29, 0.717) is 18.3 Å². The summed E-state index contributed by atoms with van der Waals surface area (Å²) in [5.74, 6) is 2.30. The lowest BCUT2D eigenvalue weighted by Gasteiger charge is -2.23. The van der Waals surface area contributed by atoms with Crippen molar-refractivity contribution in [2.45, 2.75) is 13.0 Å². The summed E-state index contributed by atoms with van der Waals surface area (Å²) in [5, 5.41) is 2.97. The van der Waals surface area contributed by atoms with Crippen molar-refractivity contribution in [2.24, 2.45) is 11.8 Å². The average molecular weight is 260 g/mol. The number of carbonyl (C=O) groups excluding carboxylic acids is 1. The minimum absolute atomic E-state index is 0.215.